The third-order valence-corrected chi connectivity index (χ3v) is 7.92. The number of nitrogens with zero attached hydrogens (tertiary/aromatic N) is 2. The molecule has 0 aliphatic rings. The topological polar surface area (TPSA) is 83.8 Å². The molecule has 34 heavy (non-hydrogen) atoms. The zero-order chi connectivity index (χ0) is 23.5. The van der Waals surface area contributed by atoms with Gasteiger partial charge in [-0.25, -0.2) is 4.98 Å². The van der Waals surface area contributed by atoms with Gasteiger partial charge in [0.05, 0.1) is 11.3 Å². The fourth-order valence-corrected chi connectivity index (χ4v) is 6.04. The van der Waals surface area contributed by atoms with E-state index in [1.807, 2.05) is 38.1 Å². The van der Waals surface area contributed by atoms with Crippen LogP contribution in [-0.4, -0.2) is 27.6 Å². The second-order valence-electron chi connectivity index (χ2n) is 8.02. The van der Waals surface area contributed by atoms with E-state index in [9.17, 15) is 4.79 Å². The van der Waals surface area contributed by atoms with Gasteiger partial charge in [0, 0.05) is 52.0 Å². The average molecular weight is 489 g/mol. The number of H-pyrrole nitrogens is 1. The third-order valence-electron chi connectivity index (χ3n) is 5.90. The summed E-state index contributed by atoms with van der Waals surface area (Å²) in [5, 5.41) is 11.1. The van der Waals surface area contributed by atoms with Gasteiger partial charge in [0.2, 0.25) is 0 Å². The van der Waals surface area contributed by atoms with E-state index in [0.29, 0.717) is 22.9 Å². The van der Waals surface area contributed by atoms with Crippen LogP contribution in [0.5, 0.6) is 0 Å². The van der Waals surface area contributed by atoms with Crippen LogP contribution in [0.3, 0.4) is 0 Å². The Morgan fingerprint density at radius 2 is 2.06 bits per heavy atom. The normalized spacial score (nSPS) is 12.2. The molecule has 8 heteroatoms. The summed E-state index contributed by atoms with van der Waals surface area (Å²) in [4.78, 5) is 22.3. The summed E-state index contributed by atoms with van der Waals surface area (Å²) < 4.78 is 5.26. The number of carbonyl (C=O) groups is 1. The molecule has 0 bridgehead atoms. The second kappa shape index (κ2) is 9.87. The number of aryl methyl sites for hydroxylation is 2. The van der Waals surface area contributed by atoms with Crippen molar-refractivity contribution in [2.75, 3.05) is 6.54 Å². The van der Waals surface area contributed by atoms with Crippen LogP contribution in [0.15, 0.2) is 75.9 Å². The molecule has 1 atom stereocenters. The summed E-state index contributed by atoms with van der Waals surface area (Å²) in [7, 11) is 0. The zero-order valence-electron chi connectivity index (χ0n) is 18.9. The lowest BCUT2D eigenvalue weighted by molar-refractivity contribution is 0.0949. The minimum atomic E-state index is -0.129. The van der Waals surface area contributed by atoms with Crippen molar-refractivity contribution in [3.8, 4) is 0 Å². The highest BCUT2D eigenvalue weighted by Gasteiger charge is 2.22. The number of thiophene rings is 1. The fraction of sp³-hybridized carbons (Fsp3) is 0.192. The van der Waals surface area contributed by atoms with Gasteiger partial charge in [0.15, 0.2) is 0 Å². The Bertz CT molecular complexity index is 1400. The van der Waals surface area contributed by atoms with Gasteiger partial charge in [-0.3, -0.25) is 4.79 Å². The first kappa shape index (κ1) is 22.4. The van der Waals surface area contributed by atoms with Crippen LogP contribution in [-0.2, 0) is 5.75 Å². The highest BCUT2D eigenvalue weighted by molar-refractivity contribution is 7.98. The van der Waals surface area contributed by atoms with Gasteiger partial charge in [-0.1, -0.05) is 29.4 Å². The Hall–Kier alpha value is -3.36. The van der Waals surface area contributed by atoms with Crippen molar-refractivity contribution in [1.82, 2.24) is 20.4 Å². The molecule has 0 radical (unpaired) electrons. The minimum Gasteiger partial charge on any atom is -0.361 e. The van der Waals surface area contributed by atoms with Gasteiger partial charge in [0.1, 0.15) is 10.8 Å². The van der Waals surface area contributed by atoms with E-state index in [4.69, 9.17) is 4.52 Å². The van der Waals surface area contributed by atoms with Crippen LogP contribution in [0.2, 0.25) is 0 Å². The van der Waals surface area contributed by atoms with Gasteiger partial charge in [0.25, 0.3) is 5.91 Å². The van der Waals surface area contributed by atoms with E-state index < -0.39 is 0 Å². The molecular weight excluding hydrogens is 464 g/mol. The van der Waals surface area contributed by atoms with Crippen molar-refractivity contribution in [2.45, 2.75) is 30.5 Å². The lowest BCUT2D eigenvalue weighted by atomic mass is 9.96. The summed E-state index contributed by atoms with van der Waals surface area (Å²) in [6.45, 7) is 4.31. The summed E-state index contributed by atoms with van der Waals surface area (Å²) in [6, 6.07) is 16.0. The predicted molar refractivity (Wildman–Crippen MR) is 137 cm³/mol. The molecule has 6 nitrogen and oxygen atoms in total. The summed E-state index contributed by atoms with van der Waals surface area (Å²) in [5.41, 5.74) is 4.75. The van der Waals surface area contributed by atoms with Gasteiger partial charge < -0.3 is 14.8 Å². The molecular formula is C26H24N4O2S2. The Kier molecular flexibility index (Phi) is 6.51. The Morgan fingerprint density at radius 1 is 1.18 bits per heavy atom. The summed E-state index contributed by atoms with van der Waals surface area (Å²) in [6.07, 6.45) is 3.77. The largest absolute Gasteiger partial charge is 0.361 e. The highest BCUT2D eigenvalue weighted by atomic mass is 32.2. The number of fused-ring (bicyclic) bond motifs is 1. The number of nitrogens with one attached hydrogen (secondary N) is 2. The van der Waals surface area contributed by atoms with E-state index in [-0.39, 0.29) is 11.8 Å². The molecule has 5 aromatic rings. The Labute approximate surface area is 205 Å². The van der Waals surface area contributed by atoms with Crippen LogP contribution < -0.4 is 5.32 Å². The van der Waals surface area contributed by atoms with Gasteiger partial charge in [-0.15, -0.1) is 23.1 Å². The van der Waals surface area contributed by atoms with Crippen molar-refractivity contribution in [2.24, 2.45) is 0 Å². The maximum atomic E-state index is 13.3. The van der Waals surface area contributed by atoms with E-state index in [2.05, 4.69) is 50.2 Å². The van der Waals surface area contributed by atoms with Crippen molar-refractivity contribution in [3.63, 3.8) is 0 Å². The minimum absolute atomic E-state index is 0.0511. The number of thioether (sulfide) groups is 1. The van der Waals surface area contributed by atoms with Crippen LogP contribution in [0.25, 0.3) is 10.9 Å². The molecule has 0 spiro atoms. The summed E-state index contributed by atoms with van der Waals surface area (Å²) >= 11 is 3.22. The number of aromatic amines is 1. The molecule has 0 saturated heterocycles. The molecule has 0 saturated carbocycles. The third kappa shape index (κ3) is 4.51. The molecule has 0 aliphatic carbocycles. The number of para-hydroxylation sites is 1. The second-order valence-corrected chi connectivity index (χ2v) is 9.96. The molecule has 0 aliphatic heterocycles. The van der Waals surface area contributed by atoms with Gasteiger partial charge in [-0.05, 0) is 49.1 Å². The van der Waals surface area contributed by atoms with E-state index in [1.165, 1.54) is 27.6 Å². The quantitative estimate of drug-likeness (QED) is 0.259. The maximum absolute atomic E-state index is 13.3. The molecule has 4 heterocycles. The van der Waals surface area contributed by atoms with Gasteiger partial charge in [-0.2, -0.15) is 0 Å². The molecule has 1 aromatic carbocycles. The van der Waals surface area contributed by atoms with Crippen LogP contribution in [0, 0.1) is 13.8 Å². The molecule has 4 aromatic heterocycles. The molecule has 1 unspecified atom stereocenters. The lowest BCUT2D eigenvalue weighted by Gasteiger charge is -2.17. The van der Waals surface area contributed by atoms with E-state index >= 15 is 0 Å². The van der Waals surface area contributed by atoms with Crippen molar-refractivity contribution >= 4 is 39.9 Å². The standard InChI is InChI=1S/C26H24N4O2S2/c1-16-22(17(2)32-30-16)15-34-26-19(8-5-11-27-26)25(31)29-14-21(24-10-6-12-33-24)20-13-28-23-9-4-3-7-18(20)23/h3-13,21,28H,14-15H2,1-2H3,(H,29,31). The van der Waals surface area contributed by atoms with E-state index in [1.54, 1.807) is 23.6 Å². The number of benzene rings is 1. The van der Waals surface area contributed by atoms with Crippen LogP contribution >= 0.6 is 23.1 Å². The zero-order valence-corrected chi connectivity index (χ0v) is 20.5. The molecule has 5 rings (SSSR count). The van der Waals surface area contributed by atoms with Crippen molar-refractivity contribution < 1.29 is 9.32 Å². The average Bonchev–Trinajstić information content (AvgIpc) is 3.60. The SMILES string of the molecule is Cc1noc(C)c1CSc1ncccc1C(=O)NCC(c1cccs1)c1c[nH]c2ccccc12. The maximum Gasteiger partial charge on any atom is 0.254 e. The van der Waals surface area contributed by atoms with E-state index in [0.717, 1.165) is 22.5 Å². The van der Waals surface area contributed by atoms with Crippen LogP contribution in [0.1, 0.15) is 43.7 Å². The van der Waals surface area contributed by atoms with Crippen molar-refractivity contribution in [3.05, 3.63) is 99.3 Å². The highest BCUT2D eigenvalue weighted by Crippen LogP contribution is 2.33. The lowest BCUT2D eigenvalue weighted by Crippen LogP contribution is -2.29. The monoisotopic (exact) mass is 488 g/mol. The first-order chi connectivity index (χ1) is 16.6. The number of hydrogen-bond donors (Lipinski definition) is 2. The van der Waals surface area contributed by atoms with Crippen molar-refractivity contribution in [1.29, 1.82) is 0 Å². The predicted octanol–water partition coefficient (Wildman–Crippen LogP) is 6.08. The smallest absolute Gasteiger partial charge is 0.254 e. The van der Waals surface area contributed by atoms with Gasteiger partial charge >= 0.3 is 0 Å². The first-order valence-electron chi connectivity index (χ1n) is 11.0. The number of rotatable bonds is 8. The number of pyridine rings is 1. The molecule has 0 fully saturated rings. The Balaban J connectivity index is 1.35. The number of amides is 1. The first-order valence-corrected chi connectivity index (χ1v) is 12.9. The number of aromatic nitrogens is 3. The summed E-state index contributed by atoms with van der Waals surface area (Å²) in [5.74, 6) is 1.36. The number of carbonyl (C=O) groups excluding carboxylic acids is 1. The number of hydrogen-bond acceptors (Lipinski definition) is 6. The molecule has 1 amide bonds. The van der Waals surface area contributed by atoms with Crippen LogP contribution in [0.4, 0.5) is 0 Å². The molecule has 2 N–H and O–H groups in total. The molecule has 172 valence electrons. The Morgan fingerprint density at radius 3 is 2.85 bits per heavy atom. The fourth-order valence-electron chi connectivity index (χ4n) is 4.05.